The van der Waals surface area contributed by atoms with Gasteiger partial charge in [0.2, 0.25) is 5.88 Å². The largest absolute Gasteiger partial charge is 0.404 e. The van der Waals surface area contributed by atoms with Crippen molar-refractivity contribution in [3.8, 4) is 5.88 Å². The Bertz CT molecular complexity index is 1030. The Hall–Kier alpha value is -2.95. The van der Waals surface area contributed by atoms with Crippen LogP contribution in [0.2, 0.25) is 0 Å². The summed E-state index contributed by atoms with van der Waals surface area (Å²) in [6.07, 6.45) is 4.72. The molecule has 1 aliphatic rings. The fourth-order valence-electron chi connectivity index (χ4n) is 3.77. The molecule has 144 valence electrons. The third kappa shape index (κ3) is 3.70. The van der Waals surface area contributed by atoms with E-state index < -0.39 is 11.8 Å². The van der Waals surface area contributed by atoms with Gasteiger partial charge in [-0.1, -0.05) is 24.3 Å². The van der Waals surface area contributed by atoms with Crippen molar-refractivity contribution < 1.29 is 13.9 Å². The number of benzene rings is 2. The zero-order valence-electron chi connectivity index (χ0n) is 16.1. The van der Waals surface area contributed by atoms with Crippen LogP contribution in [0.25, 0.3) is 0 Å². The molecule has 0 radical (unpaired) electrons. The molecule has 0 spiro atoms. The van der Waals surface area contributed by atoms with Gasteiger partial charge in [-0.05, 0) is 74.4 Å². The normalized spacial score (nSPS) is 14.4. The Morgan fingerprint density at radius 3 is 2.68 bits per heavy atom. The van der Waals surface area contributed by atoms with E-state index in [4.69, 9.17) is 4.74 Å². The van der Waals surface area contributed by atoms with Crippen LogP contribution in [0.5, 0.6) is 5.88 Å². The Morgan fingerprint density at radius 1 is 1.11 bits per heavy atom. The monoisotopic (exact) mass is 378 g/mol. The molecule has 0 bridgehead atoms. The highest BCUT2D eigenvalue weighted by atomic mass is 19.1. The van der Waals surface area contributed by atoms with Gasteiger partial charge >= 0.3 is 5.97 Å². The molecule has 1 atom stereocenters. The maximum atomic E-state index is 13.4. The van der Waals surface area contributed by atoms with E-state index in [1.165, 1.54) is 48.2 Å². The van der Waals surface area contributed by atoms with Crippen molar-refractivity contribution in [3.63, 3.8) is 0 Å². The number of aromatic nitrogens is 2. The molecule has 4 nitrogen and oxygen atoms in total. The quantitative estimate of drug-likeness (QED) is 0.598. The Kier molecular flexibility index (Phi) is 4.99. The Labute approximate surface area is 164 Å². The molecular formula is C23H23FN2O2. The van der Waals surface area contributed by atoms with E-state index in [-0.39, 0.29) is 11.6 Å². The summed E-state index contributed by atoms with van der Waals surface area (Å²) in [4.78, 5) is 12.4. The van der Waals surface area contributed by atoms with Gasteiger partial charge in [-0.3, -0.25) is 0 Å². The van der Waals surface area contributed by atoms with Gasteiger partial charge in [0.05, 0.1) is 17.3 Å². The average molecular weight is 378 g/mol. The molecule has 1 unspecified atom stereocenters. The first-order valence-electron chi connectivity index (χ1n) is 9.67. The van der Waals surface area contributed by atoms with E-state index in [0.717, 1.165) is 24.1 Å². The first-order chi connectivity index (χ1) is 13.5. The number of hydrogen-bond acceptors (Lipinski definition) is 3. The molecule has 4 rings (SSSR count). The van der Waals surface area contributed by atoms with Crippen LogP contribution < -0.4 is 4.74 Å². The van der Waals surface area contributed by atoms with Crippen LogP contribution >= 0.6 is 0 Å². The van der Waals surface area contributed by atoms with Gasteiger partial charge in [0.25, 0.3) is 0 Å². The predicted octanol–water partition coefficient (Wildman–Crippen LogP) is 5.04. The molecule has 1 aromatic heterocycles. The molecule has 1 heterocycles. The van der Waals surface area contributed by atoms with Crippen LogP contribution in [0.4, 0.5) is 4.39 Å². The van der Waals surface area contributed by atoms with Crippen LogP contribution in [0.15, 0.2) is 48.5 Å². The zero-order valence-corrected chi connectivity index (χ0v) is 16.1. The highest BCUT2D eigenvalue weighted by Gasteiger charge is 2.20. The molecule has 28 heavy (non-hydrogen) atoms. The van der Waals surface area contributed by atoms with Crippen LogP contribution in [0, 0.1) is 12.7 Å². The number of hydrogen-bond donors (Lipinski definition) is 0. The van der Waals surface area contributed by atoms with E-state index in [1.54, 1.807) is 10.7 Å². The first kappa shape index (κ1) is 18.4. The van der Waals surface area contributed by atoms with E-state index in [2.05, 4.69) is 23.3 Å². The summed E-state index contributed by atoms with van der Waals surface area (Å²) in [5.41, 5.74) is 4.89. The van der Waals surface area contributed by atoms with Crippen LogP contribution in [-0.4, -0.2) is 15.7 Å². The number of rotatable bonds is 4. The number of nitrogens with zero attached hydrogens (tertiary/aromatic N) is 2. The van der Waals surface area contributed by atoms with Crippen molar-refractivity contribution in [2.45, 2.75) is 45.6 Å². The topological polar surface area (TPSA) is 44.1 Å². The van der Waals surface area contributed by atoms with Gasteiger partial charge in [0.1, 0.15) is 5.82 Å². The number of carbonyl (C=O) groups is 1. The van der Waals surface area contributed by atoms with E-state index in [1.807, 2.05) is 13.8 Å². The zero-order chi connectivity index (χ0) is 19.7. The fourth-order valence-corrected chi connectivity index (χ4v) is 3.77. The lowest BCUT2D eigenvalue weighted by Crippen LogP contribution is -2.16. The molecule has 1 aliphatic carbocycles. The van der Waals surface area contributed by atoms with E-state index in [9.17, 15) is 9.18 Å². The summed E-state index contributed by atoms with van der Waals surface area (Å²) in [6, 6.07) is 13.7. The molecule has 0 aliphatic heterocycles. The summed E-state index contributed by atoms with van der Waals surface area (Å²) >= 11 is 0. The summed E-state index contributed by atoms with van der Waals surface area (Å²) in [6.45, 7) is 3.89. The Morgan fingerprint density at radius 2 is 1.89 bits per heavy atom. The lowest BCUT2D eigenvalue weighted by molar-refractivity contribution is 0.0716. The predicted molar refractivity (Wildman–Crippen MR) is 105 cm³/mol. The highest BCUT2D eigenvalue weighted by Crippen LogP contribution is 2.29. The molecular weight excluding hydrogens is 355 g/mol. The van der Waals surface area contributed by atoms with Gasteiger partial charge in [-0.25, -0.2) is 13.9 Å². The maximum Gasteiger partial charge on any atom is 0.344 e. The van der Waals surface area contributed by atoms with E-state index >= 15 is 0 Å². The van der Waals surface area contributed by atoms with Crippen LogP contribution in [-0.2, 0) is 12.8 Å². The molecule has 0 N–H and O–H groups in total. The van der Waals surface area contributed by atoms with Gasteiger partial charge in [0.15, 0.2) is 0 Å². The van der Waals surface area contributed by atoms with Crippen molar-refractivity contribution in [3.05, 3.63) is 82.3 Å². The summed E-state index contributed by atoms with van der Waals surface area (Å²) in [5, 5.41) is 4.53. The van der Waals surface area contributed by atoms with Crippen molar-refractivity contribution in [1.29, 1.82) is 0 Å². The minimum atomic E-state index is -0.599. The van der Waals surface area contributed by atoms with E-state index in [0.29, 0.717) is 5.88 Å². The fraction of sp³-hybridized carbons (Fsp3) is 0.304. The number of fused-ring (bicyclic) bond motifs is 1. The van der Waals surface area contributed by atoms with Crippen molar-refractivity contribution in [2.75, 3.05) is 0 Å². The van der Waals surface area contributed by atoms with Gasteiger partial charge < -0.3 is 4.74 Å². The minimum Gasteiger partial charge on any atom is -0.404 e. The molecule has 0 saturated carbocycles. The van der Waals surface area contributed by atoms with Crippen LogP contribution in [0.1, 0.15) is 58.5 Å². The molecule has 0 saturated heterocycles. The number of aryl methyl sites for hydroxylation is 3. The van der Waals surface area contributed by atoms with Crippen molar-refractivity contribution in [1.82, 2.24) is 9.78 Å². The van der Waals surface area contributed by atoms with Crippen molar-refractivity contribution >= 4 is 5.97 Å². The number of carbonyl (C=O) groups excluding carboxylic acids is 1. The minimum absolute atomic E-state index is 0.0868. The molecule has 0 amide bonds. The lowest BCUT2D eigenvalue weighted by atomic mass is 9.89. The number of halogens is 1. The highest BCUT2D eigenvalue weighted by molar-refractivity contribution is 5.90. The summed E-state index contributed by atoms with van der Waals surface area (Å²) < 4.78 is 20.7. The van der Waals surface area contributed by atoms with Crippen molar-refractivity contribution in [2.24, 2.45) is 0 Å². The lowest BCUT2D eigenvalue weighted by Gasteiger charge is -2.20. The molecule has 3 aromatic rings. The summed E-state index contributed by atoms with van der Waals surface area (Å²) in [5.74, 6) is -0.711. The molecule has 2 aromatic carbocycles. The second-order valence-electron chi connectivity index (χ2n) is 7.38. The standard InChI is InChI=1S/C23H23FN2O2/c1-15-12-22(28-23(27)20-8-5-9-21(24)14-20)26(25-15)16(2)18-11-10-17-6-3-4-7-19(17)13-18/h5,8-14,16H,3-4,6-7H2,1-2H3. The second-order valence-corrected chi connectivity index (χ2v) is 7.38. The van der Waals surface area contributed by atoms with Gasteiger partial charge in [-0.15, -0.1) is 0 Å². The number of ether oxygens (including phenoxy) is 1. The van der Waals surface area contributed by atoms with Gasteiger partial charge in [-0.2, -0.15) is 5.10 Å². The third-order valence-electron chi connectivity index (χ3n) is 5.30. The smallest absolute Gasteiger partial charge is 0.344 e. The molecule has 0 fully saturated rings. The maximum absolute atomic E-state index is 13.4. The summed E-state index contributed by atoms with van der Waals surface area (Å²) in [7, 11) is 0. The molecule has 5 heteroatoms. The first-order valence-corrected chi connectivity index (χ1v) is 9.67. The van der Waals surface area contributed by atoms with Crippen LogP contribution in [0.3, 0.4) is 0 Å². The SMILES string of the molecule is Cc1cc(OC(=O)c2cccc(F)c2)n(C(C)c2ccc3c(c2)CCCC3)n1. The second kappa shape index (κ2) is 7.58. The Balaban J connectivity index is 1.61. The number of esters is 1. The average Bonchev–Trinajstić information content (AvgIpc) is 3.07. The van der Waals surface area contributed by atoms with Gasteiger partial charge in [0, 0.05) is 6.07 Å². The third-order valence-corrected chi connectivity index (χ3v) is 5.30.